The average Bonchev–Trinajstić information content (AvgIpc) is 2.79. The average molecular weight is 455 g/mol. The van der Waals surface area contributed by atoms with Gasteiger partial charge in [0.15, 0.2) is 0 Å². The zero-order chi connectivity index (χ0) is 22.8. The minimum Gasteiger partial charge on any atom is -0.356 e. The number of halogens is 1. The van der Waals surface area contributed by atoms with Crippen molar-refractivity contribution in [1.29, 1.82) is 0 Å². The van der Waals surface area contributed by atoms with E-state index >= 15 is 0 Å². The second kappa shape index (κ2) is 9.89. The standard InChI is InChI=1S/C25H35FN6O/c1-19-5-6-21(22(26)17-19)23-7-8-24(28-27-23)31-11-9-29(10-12-31)18-25(33)32-15-13-30(14-16-32)20-3-2-4-20/h5-6,17,20H,2-4,7-16,18H2,1H3. The number of rotatable bonds is 4. The lowest BCUT2D eigenvalue weighted by molar-refractivity contribution is -0.135. The van der Waals surface area contributed by atoms with Crippen LogP contribution in [-0.2, 0) is 4.79 Å². The van der Waals surface area contributed by atoms with Crippen molar-refractivity contribution in [3.05, 3.63) is 35.1 Å². The first-order valence-electron chi connectivity index (χ1n) is 12.5. The van der Waals surface area contributed by atoms with E-state index in [4.69, 9.17) is 0 Å². The van der Waals surface area contributed by atoms with Crippen molar-refractivity contribution in [2.45, 2.75) is 45.1 Å². The molecule has 3 fully saturated rings. The van der Waals surface area contributed by atoms with E-state index in [9.17, 15) is 9.18 Å². The normalized spacial score (nSPS) is 23.2. The van der Waals surface area contributed by atoms with Gasteiger partial charge in [-0.2, -0.15) is 5.10 Å². The molecule has 0 aromatic heterocycles. The van der Waals surface area contributed by atoms with Crippen LogP contribution in [0, 0.1) is 12.7 Å². The molecule has 0 unspecified atom stereocenters. The number of carbonyl (C=O) groups is 1. The Morgan fingerprint density at radius 3 is 2.36 bits per heavy atom. The lowest BCUT2D eigenvalue weighted by Gasteiger charge is -2.43. The summed E-state index contributed by atoms with van der Waals surface area (Å²) in [5, 5.41) is 8.78. The van der Waals surface area contributed by atoms with Gasteiger partial charge in [0.25, 0.3) is 0 Å². The molecule has 5 rings (SSSR count). The predicted molar refractivity (Wildman–Crippen MR) is 128 cm³/mol. The fourth-order valence-corrected chi connectivity index (χ4v) is 5.26. The van der Waals surface area contributed by atoms with Crippen molar-refractivity contribution < 1.29 is 9.18 Å². The molecular formula is C25H35FN6O. The van der Waals surface area contributed by atoms with Crippen LogP contribution in [0.5, 0.6) is 0 Å². The summed E-state index contributed by atoms with van der Waals surface area (Å²) >= 11 is 0. The fourth-order valence-electron chi connectivity index (χ4n) is 5.26. The number of nitrogens with zero attached hydrogens (tertiary/aromatic N) is 6. The molecule has 178 valence electrons. The van der Waals surface area contributed by atoms with E-state index in [1.807, 2.05) is 17.9 Å². The van der Waals surface area contributed by atoms with Gasteiger partial charge in [-0.05, 0) is 43.9 Å². The minimum atomic E-state index is -0.227. The lowest BCUT2D eigenvalue weighted by Crippen LogP contribution is -2.56. The van der Waals surface area contributed by atoms with Crippen LogP contribution >= 0.6 is 0 Å². The van der Waals surface area contributed by atoms with E-state index in [1.165, 1.54) is 19.3 Å². The van der Waals surface area contributed by atoms with Gasteiger partial charge in [0, 0.05) is 70.4 Å². The molecule has 1 amide bonds. The van der Waals surface area contributed by atoms with Crippen LogP contribution in [0.4, 0.5) is 4.39 Å². The largest absolute Gasteiger partial charge is 0.356 e. The first-order valence-corrected chi connectivity index (χ1v) is 12.5. The lowest BCUT2D eigenvalue weighted by atomic mass is 9.91. The van der Waals surface area contributed by atoms with Gasteiger partial charge in [-0.3, -0.25) is 14.6 Å². The first-order chi connectivity index (χ1) is 16.1. The van der Waals surface area contributed by atoms with Crippen molar-refractivity contribution in [1.82, 2.24) is 19.6 Å². The van der Waals surface area contributed by atoms with Crippen LogP contribution in [0.15, 0.2) is 28.4 Å². The molecule has 33 heavy (non-hydrogen) atoms. The number of aryl methyl sites for hydroxylation is 1. The van der Waals surface area contributed by atoms with Gasteiger partial charge in [0.2, 0.25) is 5.91 Å². The van der Waals surface area contributed by atoms with E-state index < -0.39 is 0 Å². The zero-order valence-corrected chi connectivity index (χ0v) is 19.7. The smallest absolute Gasteiger partial charge is 0.236 e. The van der Waals surface area contributed by atoms with Crippen molar-refractivity contribution in [3.8, 4) is 0 Å². The second-order valence-electron chi connectivity index (χ2n) is 9.81. The van der Waals surface area contributed by atoms with E-state index in [1.54, 1.807) is 12.1 Å². The summed E-state index contributed by atoms with van der Waals surface area (Å²) in [5.41, 5.74) is 2.18. The third-order valence-electron chi connectivity index (χ3n) is 7.66. The molecule has 0 bridgehead atoms. The molecule has 2 saturated heterocycles. The van der Waals surface area contributed by atoms with Gasteiger partial charge >= 0.3 is 0 Å². The number of amides is 1. The number of carbonyl (C=O) groups excluding carboxylic acids is 1. The molecule has 7 nitrogen and oxygen atoms in total. The summed E-state index contributed by atoms with van der Waals surface area (Å²) in [6, 6.07) is 6.03. The Kier molecular flexibility index (Phi) is 6.74. The van der Waals surface area contributed by atoms with Crippen LogP contribution in [0.2, 0.25) is 0 Å². The summed E-state index contributed by atoms with van der Waals surface area (Å²) in [5.74, 6) is 1.01. The summed E-state index contributed by atoms with van der Waals surface area (Å²) < 4.78 is 14.3. The molecule has 0 atom stereocenters. The Labute approximate surface area is 195 Å². The van der Waals surface area contributed by atoms with Gasteiger partial charge in [-0.25, -0.2) is 4.39 Å². The van der Waals surface area contributed by atoms with Crippen molar-refractivity contribution in [2.24, 2.45) is 10.2 Å². The molecule has 0 spiro atoms. The Morgan fingerprint density at radius 2 is 1.76 bits per heavy atom. The molecule has 1 saturated carbocycles. The minimum absolute atomic E-state index is 0.227. The maximum absolute atomic E-state index is 14.3. The number of benzene rings is 1. The third kappa shape index (κ3) is 5.11. The van der Waals surface area contributed by atoms with Crippen LogP contribution in [-0.4, -0.2) is 102 Å². The van der Waals surface area contributed by atoms with Crippen LogP contribution < -0.4 is 0 Å². The van der Waals surface area contributed by atoms with Gasteiger partial charge in [-0.15, -0.1) is 5.10 Å². The van der Waals surface area contributed by atoms with Crippen molar-refractivity contribution in [3.63, 3.8) is 0 Å². The van der Waals surface area contributed by atoms with Gasteiger partial charge < -0.3 is 9.80 Å². The summed E-state index contributed by atoms with van der Waals surface area (Å²) in [4.78, 5) is 22.0. The highest BCUT2D eigenvalue weighted by Gasteiger charge is 2.30. The Balaban J connectivity index is 1.08. The van der Waals surface area contributed by atoms with E-state index in [0.29, 0.717) is 18.5 Å². The molecule has 0 N–H and O–H groups in total. The molecule has 3 heterocycles. The Hall–Kier alpha value is -2.32. The van der Waals surface area contributed by atoms with Crippen molar-refractivity contribution in [2.75, 3.05) is 58.9 Å². The summed E-state index contributed by atoms with van der Waals surface area (Å²) in [6.07, 6.45) is 5.50. The number of hydrogen-bond donors (Lipinski definition) is 0. The monoisotopic (exact) mass is 454 g/mol. The van der Waals surface area contributed by atoms with E-state index in [0.717, 1.165) is 81.9 Å². The highest BCUT2D eigenvalue weighted by molar-refractivity contribution is 6.04. The second-order valence-corrected chi connectivity index (χ2v) is 9.81. The van der Waals surface area contributed by atoms with Gasteiger partial charge in [-0.1, -0.05) is 12.5 Å². The van der Waals surface area contributed by atoms with Crippen LogP contribution in [0.3, 0.4) is 0 Å². The molecule has 8 heteroatoms. The number of hydrogen-bond acceptors (Lipinski definition) is 6. The maximum atomic E-state index is 14.3. The van der Waals surface area contributed by atoms with Gasteiger partial charge in [0.05, 0.1) is 12.3 Å². The number of piperazine rings is 2. The van der Waals surface area contributed by atoms with Crippen LogP contribution in [0.1, 0.15) is 43.2 Å². The molecular weight excluding hydrogens is 419 g/mol. The highest BCUT2D eigenvalue weighted by Crippen LogP contribution is 2.25. The Morgan fingerprint density at radius 1 is 1.00 bits per heavy atom. The molecule has 3 aliphatic heterocycles. The third-order valence-corrected chi connectivity index (χ3v) is 7.66. The van der Waals surface area contributed by atoms with E-state index in [2.05, 4.69) is 24.9 Å². The first kappa shape index (κ1) is 22.5. The fraction of sp³-hybridized carbons (Fsp3) is 0.640. The predicted octanol–water partition coefficient (Wildman–Crippen LogP) is 2.34. The SMILES string of the molecule is Cc1ccc(C2=NN=C(N3CCN(CC(=O)N4CCN(C5CCC5)CC4)CC3)CC2)c(F)c1. The van der Waals surface area contributed by atoms with Crippen molar-refractivity contribution >= 4 is 17.5 Å². The molecule has 1 aromatic carbocycles. The number of amidine groups is 1. The molecule has 0 radical (unpaired) electrons. The Bertz CT molecular complexity index is 927. The molecule has 4 aliphatic rings. The highest BCUT2D eigenvalue weighted by atomic mass is 19.1. The molecule has 1 aliphatic carbocycles. The summed E-state index contributed by atoms with van der Waals surface area (Å²) in [7, 11) is 0. The zero-order valence-electron chi connectivity index (χ0n) is 19.7. The topological polar surface area (TPSA) is 54.8 Å². The van der Waals surface area contributed by atoms with Crippen LogP contribution in [0.25, 0.3) is 0 Å². The quantitative estimate of drug-likeness (QED) is 0.701. The summed E-state index contributed by atoms with van der Waals surface area (Å²) in [6.45, 7) is 9.61. The van der Waals surface area contributed by atoms with E-state index in [-0.39, 0.29) is 11.7 Å². The molecule has 1 aromatic rings. The van der Waals surface area contributed by atoms with Gasteiger partial charge in [0.1, 0.15) is 11.7 Å². The maximum Gasteiger partial charge on any atom is 0.236 e.